The van der Waals surface area contributed by atoms with E-state index in [9.17, 15) is 9.18 Å². The zero-order valence-corrected chi connectivity index (χ0v) is 12.1. The highest BCUT2D eigenvalue weighted by Crippen LogP contribution is 2.23. The average Bonchev–Trinajstić information content (AvgIpc) is 2.48. The molecule has 0 aliphatic carbocycles. The van der Waals surface area contributed by atoms with Crippen molar-refractivity contribution in [3.05, 3.63) is 47.8 Å². The van der Waals surface area contributed by atoms with E-state index in [1.165, 1.54) is 12.1 Å². The van der Waals surface area contributed by atoms with Crippen LogP contribution < -0.4 is 0 Å². The Morgan fingerprint density at radius 1 is 1.24 bits per heavy atom. The molecule has 21 heavy (non-hydrogen) atoms. The Hall–Kier alpha value is -2.41. The minimum Gasteiger partial charge on any atom is -0.335 e. The standard InChI is InChI=1S/C17H17FN2O/c1-12(2)20(11-5-10-19)17(21)15-8-9-16(18)14-7-4-3-6-13(14)15/h3-4,6-9,12H,5,11H2,1-2H3. The Morgan fingerprint density at radius 3 is 2.52 bits per heavy atom. The smallest absolute Gasteiger partial charge is 0.254 e. The molecule has 108 valence electrons. The van der Waals surface area contributed by atoms with E-state index in [1.54, 1.807) is 29.2 Å². The Morgan fingerprint density at radius 2 is 1.90 bits per heavy atom. The molecule has 0 atom stereocenters. The summed E-state index contributed by atoms with van der Waals surface area (Å²) in [6, 6.07) is 11.8. The molecule has 0 fully saturated rings. The van der Waals surface area contributed by atoms with Crippen molar-refractivity contribution >= 4 is 16.7 Å². The molecule has 0 spiro atoms. The minimum absolute atomic E-state index is 0.0188. The Balaban J connectivity index is 2.48. The third-order valence-corrected chi connectivity index (χ3v) is 3.45. The maximum absolute atomic E-state index is 13.8. The molecule has 2 aromatic rings. The lowest BCUT2D eigenvalue weighted by atomic mass is 10.0. The van der Waals surface area contributed by atoms with Crippen LogP contribution in [0.2, 0.25) is 0 Å². The fraction of sp³-hybridized carbons (Fsp3) is 0.294. The van der Waals surface area contributed by atoms with Gasteiger partial charge in [-0.2, -0.15) is 5.26 Å². The van der Waals surface area contributed by atoms with E-state index >= 15 is 0 Å². The van der Waals surface area contributed by atoms with Gasteiger partial charge in [0.05, 0.1) is 12.5 Å². The predicted molar refractivity (Wildman–Crippen MR) is 80.3 cm³/mol. The number of nitrogens with zero attached hydrogens (tertiary/aromatic N) is 2. The van der Waals surface area contributed by atoms with Crippen LogP contribution in [0.5, 0.6) is 0 Å². The first-order chi connectivity index (χ1) is 10.1. The molecule has 0 saturated heterocycles. The van der Waals surface area contributed by atoms with Crippen LogP contribution in [0.4, 0.5) is 4.39 Å². The zero-order chi connectivity index (χ0) is 15.4. The van der Waals surface area contributed by atoms with Crippen molar-refractivity contribution in [1.82, 2.24) is 4.90 Å². The second-order valence-electron chi connectivity index (χ2n) is 5.14. The van der Waals surface area contributed by atoms with Crippen LogP contribution in [0.1, 0.15) is 30.6 Å². The van der Waals surface area contributed by atoms with Gasteiger partial charge >= 0.3 is 0 Å². The number of hydrogen-bond acceptors (Lipinski definition) is 2. The number of hydrogen-bond donors (Lipinski definition) is 0. The van der Waals surface area contributed by atoms with Crippen LogP contribution in [0.15, 0.2) is 36.4 Å². The van der Waals surface area contributed by atoms with Crippen molar-refractivity contribution in [2.24, 2.45) is 0 Å². The molecule has 2 rings (SSSR count). The number of carbonyl (C=O) groups is 1. The first-order valence-corrected chi connectivity index (χ1v) is 6.91. The molecule has 4 heteroatoms. The summed E-state index contributed by atoms with van der Waals surface area (Å²) in [4.78, 5) is 14.4. The number of carbonyl (C=O) groups excluding carboxylic acids is 1. The normalized spacial score (nSPS) is 10.6. The van der Waals surface area contributed by atoms with E-state index in [2.05, 4.69) is 6.07 Å². The van der Waals surface area contributed by atoms with Gasteiger partial charge in [-0.3, -0.25) is 4.79 Å². The SMILES string of the molecule is CC(C)N(CCC#N)C(=O)c1ccc(F)c2ccccc12. The molecule has 0 aliphatic rings. The molecule has 0 radical (unpaired) electrons. The van der Waals surface area contributed by atoms with Crippen LogP contribution in [-0.2, 0) is 0 Å². The molecule has 0 unspecified atom stereocenters. The highest BCUT2D eigenvalue weighted by Gasteiger charge is 2.21. The van der Waals surface area contributed by atoms with Crippen molar-refractivity contribution in [2.45, 2.75) is 26.3 Å². The number of fused-ring (bicyclic) bond motifs is 1. The van der Waals surface area contributed by atoms with E-state index in [-0.39, 0.29) is 24.2 Å². The van der Waals surface area contributed by atoms with Crippen molar-refractivity contribution in [3.63, 3.8) is 0 Å². The molecule has 0 saturated carbocycles. The molecule has 1 amide bonds. The largest absolute Gasteiger partial charge is 0.335 e. The van der Waals surface area contributed by atoms with Crippen LogP contribution in [-0.4, -0.2) is 23.4 Å². The highest BCUT2D eigenvalue weighted by molar-refractivity contribution is 6.07. The molecular weight excluding hydrogens is 267 g/mol. The van der Waals surface area contributed by atoms with Gasteiger partial charge in [-0.25, -0.2) is 4.39 Å². The van der Waals surface area contributed by atoms with Gasteiger partial charge in [0.25, 0.3) is 5.91 Å². The number of rotatable bonds is 4. The lowest BCUT2D eigenvalue weighted by Crippen LogP contribution is -2.37. The Labute approximate surface area is 123 Å². The molecule has 0 aromatic heterocycles. The third kappa shape index (κ3) is 3.03. The topological polar surface area (TPSA) is 44.1 Å². The first-order valence-electron chi connectivity index (χ1n) is 6.91. The Kier molecular flexibility index (Phi) is 4.54. The number of amides is 1. The maximum Gasteiger partial charge on any atom is 0.254 e. The van der Waals surface area contributed by atoms with Crippen molar-refractivity contribution in [1.29, 1.82) is 5.26 Å². The second kappa shape index (κ2) is 6.36. The predicted octanol–water partition coefficient (Wildman–Crippen LogP) is 3.74. The summed E-state index contributed by atoms with van der Waals surface area (Å²) in [5.41, 5.74) is 0.471. The quantitative estimate of drug-likeness (QED) is 0.858. The summed E-state index contributed by atoms with van der Waals surface area (Å²) in [6.07, 6.45) is 0.281. The molecule has 0 aliphatic heterocycles. The van der Waals surface area contributed by atoms with Gasteiger partial charge < -0.3 is 4.90 Å². The zero-order valence-electron chi connectivity index (χ0n) is 12.1. The number of nitriles is 1. The van der Waals surface area contributed by atoms with Crippen molar-refractivity contribution < 1.29 is 9.18 Å². The second-order valence-corrected chi connectivity index (χ2v) is 5.14. The Bertz CT molecular complexity index is 703. The van der Waals surface area contributed by atoms with Crippen molar-refractivity contribution in [3.8, 4) is 6.07 Å². The van der Waals surface area contributed by atoms with Gasteiger partial charge in [0, 0.05) is 23.5 Å². The van der Waals surface area contributed by atoms with E-state index in [1.807, 2.05) is 13.8 Å². The van der Waals surface area contributed by atoms with Gasteiger partial charge in [-0.1, -0.05) is 24.3 Å². The van der Waals surface area contributed by atoms with E-state index in [0.29, 0.717) is 22.9 Å². The van der Waals surface area contributed by atoms with Gasteiger partial charge in [0.1, 0.15) is 5.82 Å². The summed E-state index contributed by atoms with van der Waals surface area (Å²) in [6.45, 7) is 4.18. The molecule has 0 N–H and O–H groups in total. The third-order valence-electron chi connectivity index (χ3n) is 3.45. The number of halogens is 1. The average molecular weight is 284 g/mol. The van der Waals surface area contributed by atoms with Crippen LogP contribution in [0.25, 0.3) is 10.8 Å². The maximum atomic E-state index is 13.8. The monoisotopic (exact) mass is 284 g/mol. The van der Waals surface area contributed by atoms with Gasteiger partial charge in [0.15, 0.2) is 0 Å². The lowest BCUT2D eigenvalue weighted by Gasteiger charge is -2.26. The molecular formula is C17H17FN2O. The van der Waals surface area contributed by atoms with Crippen LogP contribution >= 0.6 is 0 Å². The first kappa shape index (κ1) is 15.0. The van der Waals surface area contributed by atoms with Crippen molar-refractivity contribution in [2.75, 3.05) is 6.54 Å². The lowest BCUT2D eigenvalue weighted by molar-refractivity contribution is 0.0712. The van der Waals surface area contributed by atoms with Crippen LogP contribution in [0.3, 0.4) is 0 Å². The van der Waals surface area contributed by atoms with Gasteiger partial charge in [0.2, 0.25) is 0 Å². The van der Waals surface area contributed by atoms with Crippen LogP contribution in [0, 0.1) is 17.1 Å². The van der Waals surface area contributed by atoms with E-state index in [4.69, 9.17) is 5.26 Å². The highest BCUT2D eigenvalue weighted by atomic mass is 19.1. The van der Waals surface area contributed by atoms with E-state index in [0.717, 1.165) is 0 Å². The summed E-state index contributed by atoms with van der Waals surface area (Å²) >= 11 is 0. The summed E-state index contributed by atoms with van der Waals surface area (Å²) in [7, 11) is 0. The van der Waals surface area contributed by atoms with Gasteiger partial charge in [-0.05, 0) is 31.4 Å². The molecule has 0 heterocycles. The number of benzene rings is 2. The summed E-state index contributed by atoms with van der Waals surface area (Å²) in [5.74, 6) is -0.508. The molecule has 0 bridgehead atoms. The summed E-state index contributed by atoms with van der Waals surface area (Å²) in [5, 5.41) is 9.76. The summed E-state index contributed by atoms with van der Waals surface area (Å²) < 4.78 is 13.8. The van der Waals surface area contributed by atoms with Gasteiger partial charge in [-0.15, -0.1) is 0 Å². The molecule has 3 nitrogen and oxygen atoms in total. The van der Waals surface area contributed by atoms with E-state index < -0.39 is 0 Å². The fourth-order valence-corrected chi connectivity index (χ4v) is 2.37. The minimum atomic E-state index is -0.338. The molecule has 2 aromatic carbocycles. The fourth-order valence-electron chi connectivity index (χ4n) is 2.37.